The number of benzene rings is 1. The average molecular weight is 445 g/mol. The number of amides is 1. The zero-order valence-corrected chi connectivity index (χ0v) is 18.3. The van der Waals surface area contributed by atoms with Crippen molar-refractivity contribution in [3.8, 4) is 11.5 Å². The van der Waals surface area contributed by atoms with Gasteiger partial charge >= 0.3 is 11.9 Å². The molecule has 0 saturated carbocycles. The monoisotopic (exact) mass is 445 g/mol. The van der Waals surface area contributed by atoms with Gasteiger partial charge in [0.2, 0.25) is 0 Å². The molecule has 1 heterocycles. The second-order valence-electron chi connectivity index (χ2n) is 6.63. The molecule has 1 aliphatic carbocycles. The molecule has 1 N–H and O–H groups in total. The van der Waals surface area contributed by atoms with Gasteiger partial charge in [0.1, 0.15) is 5.00 Å². The molecule has 164 valence electrons. The fourth-order valence-corrected chi connectivity index (χ4v) is 4.65. The normalized spacial score (nSPS) is 12.4. The van der Waals surface area contributed by atoms with E-state index in [2.05, 4.69) is 5.32 Å². The predicted molar refractivity (Wildman–Crippen MR) is 116 cm³/mol. The van der Waals surface area contributed by atoms with Gasteiger partial charge in [-0.15, -0.1) is 11.3 Å². The van der Waals surface area contributed by atoms with Crippen LogP contribution in [0, 0.1) is 0 Å². The molecule has 1 aliphatic rings. The number of hydrogen-bond donors (Lipinski definition) is 1. The van der Waals surface area contributed by atoms with Crippen molar-refractivity contribution in [3.05, 3.63) is 45.8 Å². The van der Waals surface area contributed by atoms with Gasteiger partial charge in [0, 0.05) is 16.5 Å². The maximum absolute atomic E-state index is 12.3. The van der Waals surface area contributed by atoms with Crippen LogP contribution in [-0.4, -0.2) is 45.8 Å². The minimum atomic E-state index is -0.693. The first-order chi connectivity index (χ1) is 15.0. The van der Waals surface area contributed by atoms with Crippen LogP contribution >= 0.6 is 11.3 Å². The van der Waals surface area contributed by atoms with Crippen LogP contribution in [0.25, 0.3) is 6.08 Å². The molecular weight excluding hydrogens is 422 g/mol. The summed E-state index contributed by atoms with van der Waals surface area (Å²) in [5.74, 6) is -0.705. The standard InChI is InChI=1S/C22H23NO7S/c1-27-15-8-4-6-13(20(15)28-2)10-11-18(25)30-12-17(24)23-21-19(22(26)29-3)14-7-5-9-16(14)31-21/h4,6,8,10-11H,5,7,9,12H2,1-3H3,(H,23,24)/b11-10+. The van der Waals surface area contributed by atoms with Crippen LogP contribution in [0.2, 0.25) is 0 Å². The van der Waals surface area contributed by atoms with Gasteiger partial charge in [0.05, 0.1) is 26.9 Å². The zero-order valence-electron chi connectivity index (χ0n) is 17.5. The Labute approximate surface area is 183 Å². The highest BCUT2D eigenvalue weighted by Crippen LogP contribution is 2.39. The molecule has 0 bridgehead atoms. The number of esters is 2. The summed E-state index contributed by atoms with van der Waals surface area (Å²) < 4.78 is 20.4. The Morgan fingerprint density at radius 2 is 1.94 bits per heavy atom. The highest BCUT2D eigenvalue weighted by molar-refractivity contribution is 7.17. The van der Waals surface area contributed by atoms with Gasteiger partial charge in [0.15, 0.2) is 18.1 Å². The molecule has 8 nitrogen and oxygen atoms in total. The number of rotatable bonds is 8. The lowest BCUT2D eigenvalue weighted by Gasteiger charge is -2.09. The first kappa shape index (κ1) is 22.4. The minimum absolute atomic E-state index is 0.393. The maximum Gasteiger partial charge on any atom is 0.341 e. The van der Waals surface area contributed by atoms with E-state index in [4.69, 9.17) is 18.9 Å². The number of hydrogen-bond acceptors (Lipinski definition) is 8. The summed E-state index contributed by atoms with van der Waals surface area (Å²) in [5.41, 5.74) is 1.95. The van der Waals surface area contributed by atoms with Crippen molar-refractivity contribution < 1.29 is 33.3 Å². The number of thiophene rings is 1. The van der Waals surface area contributed by atoms with Crippen molar-refractivity contribution in [3.63, 3.8) is 0 Å². The largest absolute Gasteiger partial charge is 0.493 e. The fraction of sp³-hybridized carbons (Fsp3) is 0.318. The predicted octanol–water partition coefficient (Wildman–Crippen LogP) is 3.24. The summed E-state index contributed by atoms with van der Waals surface area (Å²) in [6.07, 6.45) is 5.33. The molecule has 0 radical (unpaired) electrons. The van der Waals surface area contributed by atoms with E-state index >= 15 is 0 Å². The van der Waals surface area contributed by atoms with E-state index in [0.29, 0.717) is 27.6 Å². The first-order valence-corrected chi connectivity index (χ1v) is 10.4. The van der Waals surface area contributed by atoms with Gasteiger partial charge < -0.3 is 24.3 Å². The number of para-hydroxylation sites is 1. The minimum Gasteiger partial charge on any atom is -0.493 e. The molecule has 3 rings (SSSR count). The molecule has 1 aromatic carbocycles. The van der Waals surface area contributed by atoms with Crippen molar-refractivity contribution in [2.45, 2.75) is 19.3 Å². The summed E-state index contributed by atoms with van der Waals surface area (Å²) >= 11 is 1.36. The van der Waals surface area contributed by atoms with E-state index in [-0.39, 0.29) is 0 Å². The second kappa shape index (κ2) is 10.1. The molecule has 0 saturated heterocycles. The Balaban J connectivity index is 1.60. The molecule has 0 atom stereocenters. The van der Waals surface area contributed by atoms with Gasteiger partial charge in [-0.25, -0.2) is 9.59 Å². The van der Waals surface area contributed by atoms with E-state index < -0.39 is 24.5 Å². The molecule has 1 aromatic heterocycles. The SMILES string of the molecule is COC(=O)c1c(NC(=O)COC(=O)/C=C/c2cccc(OC)c2OC)sc2c1CCC2. The molecule has 0 fully saturated rings. The number of carbonyl (C=O) groups is 3. The van der Waals surface area contributed by atoms with E-state index in [1.54, 1.807) is 18.2 Å². The number of carbonyl (C=O) groups excluding carboxylic acids is 3. The smallest absolute Gasteiger partial charge is 0.341 e. The third-order valence-corrected chi connectivity index (χ3v) is 5.95. The summed E-state index contributed by atoms with van der Waals surface area (Å²) in [5, 5.41) is 3.08. The summed E-state index contributed by atoms with van der Waals surface area (Å²) in [7, 11) is 4.32. The van der Waals surface area contributed by atoms with Crippen LogP contribution < -0.4 is 14.8 Å². The fourth-order valence-electron chi connectivity index (χ4n) is 3.36. The average Bonchev–Trinajstić information content (AvgIpc) is 3.36. The lowest BCUT2D eigenvalue weighted by Crippen LogP contribution is -2.21. The molecule has 31 heavy (non-hydrogen) atoms. The van der Waals surface area contributed by atoms with Gasteiger partial charge in [-0.2, -0.15) is 0 Å². The van der Waals surface area contributed by atoms with Crippen LogP contribution in [0.15, 0.2) is 24.3 Å². The van der Waals surface area contributed by atoms with Gasteiger partial charge in [-0.3, -0.25) is 4.79 Å². The number of ether oxygens (including phenoxy) is 4. The van der Waals surface area contributed by atoms with Crippen molar-refractivity contribution >= 4 is 40.3 Å². The molecular formula is C22H23NO7S. The molecule has 0 spiro atoms. The lowest BCUT2D eigenvalue weighted by molar-refractivity contribution is -0.142. The Hall–Kier alpha value is -3.33. The van der Waals surface area contributed by atoms with Gasteiger partial charge in [-0.05, 0) is 37.0 Å². The van der Waals surface area contributed by atoms with Gasteiger partial charge in [0.25, 0.3) is 5.91 Å². The summed E-state index contributed by atoms with van der Waals surface area (Å²) in [4.78, 5) is 37.5. The highest BCUT2D eigenvalue weighted by atomic mass is 32.1. The molecule has 9 heteroatoms. The molecule has 0 aliphatic heterocycles. The van der Waals surface area contributed by atoms with Crippen molar-refractivity contribution in [2.24, 2.45) is 0 Å². The van der Waals surface area contributed by atoms with E-state index in [1.165, 1.54) is 44.8 Å². The van der Waals surface area contributed by atoms with Crippen molar-refractivity contribution in [1.82, 2.24) is 0 Å². The summed E-state index contributed by atoms with van der Waals surface area (Å²) in [6.45, 7) is -0.485. The molecule has 0 unspecified atom stereocenters. The number of methoxy groups -OCH3 is 3. The number of fused-ring (bicyclic) bond motifs is 1. The number of aryl methyl sites for hydroxylation is 1. The van der Waals surface area contributed by atoms with Crippen molar-refractivity contribution in [1.29, 1.82) is 0 Å². The Bertz CT molecular complexity index is 1030. The van der Waals surface area contributed by atoms with Crippen LogP contribution in [-0.2, 0) is 31.9 Å². The number of nitrogens with one attached hydrogen (secondary N) is 1. The molecule has 1 amide bonds. The Morgan fingerprint density at radius 3 is 2.65 bits per heavy atom. The highest BCUT2D eigenvalue weighted by Gasteiger charge is 2.28. The van der Waals surface area contributed by atoms with Crippen LogP contribution in [0.4, 0.5) is 5.00 Å². The van der Waals surface area contributed by atoms with E-state index in [0.717, 1.165) is 29.7 Å². The topological polar surface area (TPSA) is 100 Å². The summed E-state index contributed by atoms with van der Waals surface area (Å²) in [6, 6.07) is 5.25. The quantitative estimate of drug-likeness (QED) is 0.492. The third kappa shape index (κ3) is 5.05. The van der Waals surface area contributed by atoms with Crippen LogP contribution in [0.5, 0.6) is 11.5 Å². The third-order valence-electron chi connectivity index (χ3n) is 4.74. The molecule has 2 aromatic rings. The van der Waals surface area contributed by atoms with Crippen LogP contribution in [0.3, 0.4) is 0 Å². The zero-order chi connectivity index (χ0) is 22.4. The van der Waals surface area contributed by atoms with Gasteiger partial charge in [-0.1, -0.05) is 12.1 Å². The van der Waals surface area contributed by atoms with Crippen LogP contribution in [0.1, 0.15) is 32.8 Å². The maximum atomic E-state index is 12.3. The lowest BCUT2D eigenvalue weighted by atomic mass is 10.1. The van der Waals surface area contributed by atoms with E-state index in [1.807, 2.05) is 0 Å². The van der Waals surface area contributed by atoms with Crippen molar-refractivity contribution in [2.75, 3.05) is 33.3 Å². The Kier molecular flexibility index (Phi) is 7.30. The first-order valence-electron chi connectivity index (χ1n) is 9.57. The number of anilines is 1. The second-order valence-corrected chi connectivity index (χ2v) is 7.73. The Morgan fingerprint density at radius 1 is 1.13 bits per heavy atom. The van der Waals surface area contributed by atoms with E-state index in [9.17, 15) is 14.4 Å².